The lowest BCUT2D eigenvalue weighted by Crippen LogP contribution is -2.36. The number of piperidine rings is 1. The van der Waals surface area contributed by atoms with Crippen LogP contribution in [-0.4, -0.2) is 72.0 Å². The molecule has 0 spiro atoms. The number of rotatable bonds is 2. The summed E-state index contributed by atoms with van der Waals surface area (Å²) < 4.78 is 0. The molecule has 3 fully saturated rings. The lowest BCUT2D eigenvalue weighted by Gasteiger charge is -2.27. The van der Waals surface area contributed by atoms with Crippen molar-refractivity contribution in [3.63, 3.8) is 0 Å². The van der Waals surface area contributed by atoms with Crippen molar-refractivity contribution >= 4 is 11.9 Å². The second-order valence-corrected chi connectivity index (χ2v) is 8.02. The Kier molecular flexibility index (Phi) is 3.95. The first-order chi connectivity index (χ1) is 11.5. The smallest absolute Gasteiger partial charge is 0.272 e. The molecule has 0 bridgehead atoms. The van der Waals surface area contributed by atoms with E-state index in [4.69, 9.17) is 0 Å². The largest absolute Gasteiger partial charge is 0.341 e. The van der Waals surface area contributed by atoms with E-state index in [-0.39, 0.29) is 11.3 Å². The molecular weight excluding hydrogens is 302 g/mol. The number of carbonyl (C=O) groups is 1. The molecule has 1 amide bonds. The highest BCUT2D eigenvalue weighted by molar-refractivity contribution is 5.92. The Balaban J connectivity index is 1.49. The van der Waals surface area contributed by atoms with Crippen molar-refractivity contribution in [2.24, 2.45) is 11.3 Å². The fourth-order valence-electron chi connectivity index (χ4n) is 4.66. The molecule has 0 N–H and O–H groups in total. The van der Waals surface area contributed by atoms with Gasteiger partial charge in [0.25, 0.3) is 5.91 Å². The Morgan fingerprint density at radius 1 is 1.21 bits per heavy atom. The Bertz CT molecular complexity index is 630. The number of carbonyl (C=O) groups excluding carboxylic acids is 1. The molecule has 0 unspecified atom stereocenters. The van der Waals surface area contributed by atoms with Crippen molar-refractivity contribution in [2.75, 3.05) is 51.2 Å². The van der Waals surface area contributed by atoms with Crippen LogP contribution in [0.1, 0.15) is 36.7 Å². The van der Waals surface area contributed by atoms with Crippen LogP contribution in [0, 0.1) is 11.3 Å². The molecule has 130 valence electrons. The summed E-state index contributed by atoms with van der Waals surface area (Å²) in [5, 5.41) is 0. The molecule has 24 heavy (non-hydrogen) atoms. The van der Waals surface area contributed by atoms with Crippen LogP contribution < -0.4 is 4.90 Å². The first kappa shape index (κ1) is 15.8. The van der Waals surface area contributed by atoms with Gasteiger partial charge in [-0.2, -0.15) is 0 Å². The molecule has 0 saturated carbocycles. The van der Waals surface area contributed by atoms with Gasteiger partial charge in [0, 0.05) is 50.9 Å². The van der Waals surface area contributed by atoms with E-state index >= 15 is 0 Å². The van der Waals surface area contributed by atoms with E-state index in [1.54, 1.807) is 12.3 Å². The van der Waals surface area contributed by atoms with E-state index in [1.165, 1.54) is 19.3 Å². The van der Waals surface area contributed by atoms with Gasteiger partial charge < -0.3 is 14.7 Å². The van der Waals surface area contributed by atoms with Crippen molar-refractivity contribution in [1.82, 2.24) is 19.8 Å². The molecule has 2 atom stereocenters. The minimum Gasteiger partial charge on any atom is -0.341 e. The molecular formula is C18H27N5O. The van der Waals surface area contributed by atoms with Gasteiger partial charge in [0.2, 0.25) is 5.95 Å². The van der Waals surface area contributed by atoms with Gasteiger partial charge in [0.05, 0.1) is 0 Å². The van der Waals surface area contributed by atoms with Gasteiger partial charge in [-0.1, -0.05) is 6.92 Å². The number of anilines is 1. The minimum atomic E-state index is 0.0638. The summed E-state index contributed by atoms with van der Waals surface area (Å²) in [7, 11) is 2.17. The number of aromatic nitrogens is 2. The molecule has 0 radical (unpaired) electrons. The third-order valence-corrected chi connectivity index (χ3v) is 5.93. The molecule has 3 aliphatic heterocycles. The zero-order valence-corrected chi connectivity index (χ0v) is 14.7. The van der Waals surface area contributed by atoms with Crippen LogP contribution in [0.5, 0.6) is 0 Å². The number of likely N-dealkylation sites (tertiary alicyclic amines) is 2. The number of fused-ring (bicyclic) bond motifs is 1. The highest BCUT2D eigenvalue weighted by atomic mass is 16.2. The van der Waals surface area contributed by atoms with E-state index in [2.05, 4.69) is 33.7 Å². The second kappa shape index (κ2) is 5.99. The summed E-state index contributed by atoms with van der Waals surface area (Å²) in [6, 6.07) is 1.76. The Labute approximate surface area is 143 Å². The van der Waals surface area contributed by atoms with Crippen LogP contribution in [0.25, 0.3) is 0 Å². The maximum absolute atomic E-state index is 12.9. The van der Waals surface area contributed by atoms with Crippen molar-refractivity contribution in [2.45, 2.75) is 26.2 Å². The molecule has 0 aliphatic carbocycles. The molecule has 3 aliphatic rings. The molecule has 6 nitrogen and oxygen atoms in total. The maximum atomic E-state index is 12.9. The number of nitrogens with zero attached hydrogens (tertiary/aromatic N) is 5. The topological polar surface area (TPSA) is 52.6 Å². The Morgan fingerprint density at radius 3 is 2.75 bits per heavy atom. The molecule has 3 saturated heterocycles. The Hall–Kier alpha value is -1.69. The molecule has 1 aromatic heterocycles. The second-order valence-electron chi connectivity index (χ2n) is 8.02. The lowest BCUT2D eigenvalue weighted by atomic mass is 9.83. The van der Waals surface area contributed by atoms with Crippen LogP contribution >= 0.6 is 0 Å². The van der Waals surface area contributed by atoms with Crippen molar-refractivity contribution in [1.29, 1.82) is 0 Å². The predicted octanol–water partition coefficient (Wildman–Crippen LogP) is 1.49. The van der Waals surface area contributed by atoms with Crippen molar-refractivity contribution < 1.29 is 4.79 Å². The van der Waals surface area contributed by atoms with Crippen LogP contribution in [0.15, 0.2) is 12.3 Å². The third kappa shape index (κ3) is 2.77. The SMILES string of the molecule is CN1C[C@@H]2CN(C(=O)c3ccnc(N4CCCCC4)n3)C[C@]2(C)C1. The van der Waals surface area contributed by atoms with E-state index in [1.807, 2.05) is 4.90 Å². The van der Waals surface area contributed by atoms with Gasteiger partial charge >= 0.3 is 0 Å². The van der Waals surface area contributed by atoms with Gasteiger partial charge in [0.15, 0.2) is 0 Å². The standard InChI is InChI=1S/C18H27N5O/c1-18-12-21(2)10-14(18)11-23(13-18)16(24)15-6-7-19-17(20-15)22-8-4-3-5-9-22/h6-7,14H,3-5,8-13H2,1-2H3/t14-,18+/m1/s1. The van der Waals surface area contributed by atoms with Crippen LogP contribution in [0.2, 0.25) is 0 Å². The first-order valence-electron chi connectivity index (χ1n) is 9.11. The number of hydrogen-bond acceptors (Lipinski definition) is 5. The highest BCUT2D eigenvalue weighted by Gasteiger charge is 2.49. The van der Waals surface area contributed by atoms with Gasteiger partial charge in [-0.3, -0.25) is 4.79 Å². The maximum Gasteiger partial charge on any atom is 0.272 e. The van der Waals surface area contributed by atoms with Gasteiger partial charge in [-0.05, 0) is 38.3 Å². The summed E-state index contributed by atoms with van der Waals surface area (Å²) >= 11 is 0. The summed E-state index contributed by atoms with van der Waals surface area (Å²) in [6.45, 7) is 8.15. The fraction of sp³-hybridized carbons (Fsp3) is 0.722. The number of hydrogen-bond donors (Lipinski definition) is 0. The summed E-state index contributed by atoms with van der Waals surface area (Å²) in [4.78, 5) is 28.5. The molecule has 6 heteroatoms. The van der Waals surface area contributed by atoms with Crippen molar-refractivity contribution in [3.8, 4) is 0 Å². The molecule has 4 rings (SSSR count). The van der Waals surface area contributed by atoms with E-state index in [0.29, 0.717) is 17.6 Å². The third-order valence-electron chi connectivity index (χ3n) is 5.93. The van der Waals surface area contributed by atoms with Gasteiger partial charge in [-0.25, -0.2) is 9.97 Å². The first-order valence-corrected chi connectivity index (χ1v) is 9.11. The van der Waals surface area contributed by atoms with Crippen molar-refractivity contribution in [3.05, 3.63) is 18.0 Å². The molecule has 1 aromatic rings. The predicted molar refractivity (Wildman–Crippen MR) is 93.1 cm³/mol. The quantitative estimate of drug-likeness (QED) is 0.823. The van der Waals surface area contributed by atoms with Crippen LogP contribution in [0.4, 0.5) is 5.95 Å². The highest BCUT2D eigenvalue weighted by Crippen LogP contribution is 2.41. The van der Waals surface area contributed by atoms with E-state index < -0.39 is 0 Å². The normalized spacial score (nSPS) is 30.7. The molecule has 0 aromatic carbocycles. The minimum absolute atomic E-state index is 0.0638. The lowest BCUT2D eigenvalue weighted by molar-refractivity contribution is 0.0759. The summed E-state index contributed by atoms with van der Waals surface area (Å²) in [5.41, 5.74) is 0.773. The zero-order valence-electron chi connectivity index (χ0n) is 14.7. The van der Waals surface area contributed by atoms with Crippen LogP contribution in [0.3, 0.4) is 0 Å². The Morgan fingerprint density at radius 2 is 2.00 bits per heavy atom. The van der Waals surface area contributed by atoms with Gasteiger partial charge in [-0.15, -0.1) is 0 Å². The van der Waals surface area contributed by atoms with E-state index in [0.717, 1.165) is 39.3 Å². The fourth-order valence-corrected chi connectivity index (χ4v) is 4.66. The summed E-state index contributed by atoms with van der Waals surface area (Å²) in [6.07, 6.45) is 5.37. The average Bonchev–Trinajstić information content (AvgIpc) is 3.05. The summed E-state index contributed by atoms with van der Waals surface area (Å²) in [5.74, 6) is 1.36. The zero-order chi connectivity index (χ0) is 16.7. The van der Waals surface area contributed by atoms with Gasteiger partial charge in [0.1, 0.15) is 5.69 Å². The average molecular weight is 329 g/mol. The van der Waals surface area contributed by atoms with E-state index in [9.17, 15) is 4.79 Å². The molecule has 4 heterocycles. The van der Waals surface area contributed by atoms with Crippen LogP contribution in [-0.2, 0) is 0 Å². The number of amides is 1. The monoisotopic (exact) mass is 329 g/mol.